The predicted octanol–water partition coefficient (Wildman–Crippen LogP) is 3.69. The van der Waals surface area contributed by atoms with Crippen molar-refractivity contribution < 1.29 is 13.6 Å². The lowest BCUT2D eigenvalue weighted by Gasteiger charge is -2.10. The van der Waals surface area contributed by atoms with Gasteiger partial charge in [0, 0.05) is 17.8 Å². The molecule has 0 aliphatic rings. The van der Waals surface area contributed by atoms with Crippen LogP contribution in [0.15, 0.2) is 64.9 Å². The smallest absolute Gasteiger partial charge is 0.357 e. The lowest BCUT2D eigenvalue weighted by atomic mass is 10.2. The van der Waals surface area contributed by atoms with Gasteiger partial charge >= 0.3 is 11.7 Å². The van der Waals surface area contributed by atoms with Crippen LogP contribution in [0.2, 0.25) is 0 Å². The molecule has 0 fully saturated rings. The van der Waals surface area contributed by atoms with Crippen LogP contribution in [0.4, 0.5) is 25.1 Å². The van der Waals surface area contributed by atoms with Crippen LogP contribution in [0.25, 0.3) is 0 Å². The van der Waals surface area contributed by atoms with Gasteiger partial charge in [-0.25, -0.2) is 22.9 Å². The second-order valence-corrected chi connectivity index (χ2v) is 5.30. The maximum absolute atomic E-state index is 14.2. The number of nitrogens with one attached hydrogen (secondary N) is 2. The maximum Gasteiger partial charge on any atom is 0.357 e. The first kappa shape index (κ1) is 19.0. The topological polar surface area (TPSA) is 76.0 Å². The van der Waals surface area contributed by atoms with E-state index in [-0.39, 0.29) is 12.4 Å². The summed E-state index contributed by atoms with van der Waals surface area (Å²) in [5.41, 5.74) is -0.220. The van der Waals surface area contributed by atoms with Gasteiger partial charge in [0.15, 0.2) is 11.6 Å². The number of hydrogen-bond acceptors (Lipinski definition) is 4. The molecular weight excluding hydrogens is 342 g/mol. The van der Waals surface area contributed by atoms with Crippen LogP contribution in [-0.4, -0.2) is 22.1 Å². The number of benzene rings is 1. The molecule has 2 N–H and O–H groups in total. The average Bonchev–Trinajstić information content (AvgIpc) is 2.61. The van der Waals surface area contributed by atoms with E-state index in [1.54, 1.807) is 43.3 Å². The summed E-state index contributed by atoms with van der Waals surface area (Å²) in [7, 11) is 0. The van der Waals surface area contributed by atoms with E-state index in [0.717, 1.165) is 6.20 Å². The van der Waals surface area contributed by atoms with E-state index in [1.807, 2.05) is 0 Å². The van der Waals surface area contributed by atoms with E-state index in [2.05, 4.69) is 15.6 Å². The summed E-state index contributed by atoms with van der Waals surface area (Å²) in [6, 6.07) is 7.57. The molecular formula is C18H18F2N4O2. The van der Waals surface area contributed by atoms with Crippen molar-refractivity contribution in [2.45, 2.75) is 13.8 Å². The van der Waals surface area contributed by atoms with Gasteiger partial charge in [-0.3, -0.25) is 0 Å². The van der Waals surface area contributed by atoms with Crippen molar-refractivity contribution in [1.82, 2.24) is 9.55 Å². The van der Waals surface area contributed by atoms with E-state index in [9.17, 15) is 18.4 Å². The van der Waals surface area contributed by atoms with Gasteiger partial charge in [-0.2, -0.15) is 4.98 Å². The molecule has 0 bridgehead atoms. The largest absolute Gasteiger partial charge is 0.363 e. The molecule has 0 spiro atoms. The lowest BCUT2D eigenvalue weighted by Crippen LogP contribution is -2.33. The Morgan fingerprint density at radius 2 is 2.00 bits per heavy atom. The quantitative estimate of drug-likeness (QED) is 0.798. The number of aromatic nitrogens is 2. The third-order valence-corrected chi connectivity index (χ3v) is 3.38. The van der Waals surface area contributed by atoms with Crippen molar-refractivity contribution in [2.24, 2.45) is 0 Å². The lowest BCUT2D eigenvalue weighted by molar-refractivity contribution is 0.252. The Morgan fingerprint density at radius 1 is 1.31 bits per heavy atom. The zero-order chi connectivity index (χ0) is 19.1. The number of carbonyl (C=O) groups excluding carboxylic acids is 1. The zero-order valence-electron chi connectivity index (χ0n) is 14.3. The van der Waals surface area contributed by atoms with Crippen molar-refractivity contribution in [3.8, 4) is 0 Å². The molecule has 1 aromatic carbocycles. The van der Waals surface area contributed by atoms with Crippen molar-refractivity contribution in [2.75, 3.05) is 17.2 Å². The van der Waals surface area contributed by atoms with Gasteiger partial charge in [0.05, 0.1) is 6.20 Å². The maximum atomic E-state index is 14.2. The van der Waals surface area contributed by atoms with Crippen molar-refractivity contribution in [3.63, 3.8) is 0 Å². The number of hydrogen-bond donors (Lipinski definition) is 2. The minimum Gasteiger partial charge on any atom is -0.363 e. The molecule has 1 amide bonds. The Labute approximate surface area is 148 Å². The zero-order valence-corrected chi connectivity index (χ0v) is 14.3. The van der Waals surface area contributed by atoms with Gasteiger partial charge in [-0.15, -0.1) is 0 Å². The van der Waals surface area contributed by atoms with Gasteiger partial charge in [0.2, 0.25) is 0 Å². The fourth-order valence-corrected chi connectivity index (χ4v) is 2.08. The molecule has 0 unspecified atom stereocenters. The summed E-state index contributed by atoms with van der Waals surface area (Å²) < 4.78 is 28.1. The van der Waals surface area contributed by atoms with E-state index in [0.29, 0.717) is 15.8 Å². The Kier molecular flexibility index (Phi) is 6.37. The van der Waals surface area contributed by atoms with Gasteiger partial charge in [0.25, 0.3) is 0 Å². The number of nitrogens with zero attached hydrogens (tertiary/aromatic N) is 2. The molecule has 0 saturated heterocycles. The van der Waals surface area contributed by atoms with Crippen LogP contribution in [0.5, 0.6) is 0 Å². The van der Waals surface area contributed by atoms with Crippen LogP contribution in [0.1, 0.15) is 13.8 Å². The number of para-hydroxylation sites is 1. The predicted molar refractivity (Wildman–Crippen MR) is 96.4 cm³/mol. The fraction of sp³-hybridized carbons (Fsp3) is 0.167. The molecule has 26 heavy (non-hydrogen) atoms. The van der Waals surface area contributed by atoms with Crippen molar-refractivity contribution in [3.05, 3.63) is 76.4 Å². The standard InChI is InChI=1S/C18H18F2N4O2/c1-3-7-13(12(2)19)10-21-16-15(20)11-24(18(26)23-16)17(25)22-14-8-5-4-6-9-14/h3-9,11H,10H2,1-2H3,(H,22,25)(H,21,23,26). The van der Waals surface area contributed by atoms with E-state index < -0.39 is 23.4 Å². The summed E-state index contributed by atoms with van der Waals surface area (Å²) in [5, 5.41) is 5.01. The first-order chi connectivity index (χ1) is 12.4. The highest BCUT2D eigenvalue weighted by Gasteiger charge is 2.14. The van der Waals surface area contributed by atoms with Gasteiger partial charge in [0.1, 0.15) is 5.83 Å². The molecule has 1 aromatic heterocycles. The molecule has 0 aliphatic carbocycles. The molecule has 0 saturated carbocycles. The first-order valence-electron chi connectivity index (χ1n) is 7.79. The highest BCUT2D eigenvalue weighted by molar-refractivity contribution is 5.90. The minimum absolute atomic E-state index is 0.0593. The third kappa shape index (κ3) is 4.85. The number of anilines is 2. The highest BCUT2D eigenvalue weighted by Crippen LogP contribution is 2.12. The summed E-state index contributed by atoms with van der Waals surface area (Å²) in [6.45, 7) is 2.93. The number of halogens is 2. The average molecular weight is 360 g/mol. The molecule has 0 atom stereocenters. The second kappa shape index (κ2) is 8.70. The third-order valence-electron chi connectivity index (χ3n) is 3.38. The summed E-state index contributed by atoms with van der Waals surface area (Å²) in [4.78, 5) is 27.6. The highest BCUT2D eigenvalue weighted by atomic mass is 19.1. The number of carbonyl (C=O) groups is 1. The molecule has 2 aromatic rings. The van der Waals surface area contributed by atoms with Crippen molar-refractivity contribution in [1.29, 1.82) is 0 Å². The van der Waals surface area contributed by atoms with Crippen LogP contribution < -0.4 is 16.3 Å². The first-order valence-corrected chi connectivity index (χ1v) is 7.79. The Bertz CT molecular complexity index is 901. The molecule has 8 heteroatoms. The Hall–Kier alpha value is -3.29. The second-order valence-electron chi connectivity index (χ2n) is 5.30. The Balaban J connectivity index is 2.19. The fourth-order valence-electron chi connectivity index (χ4n) is 2.08. The summed E-state index contributed by atoms with van der Waals surface area (Å²) >= 11 is 0. The van der Waals surface area contributed by atoms with Crippen LogP contribution in [0, 0.1) is 5.82 Å². The van der Waals surface area contributed by atoms with Crippen molar-refractivity contribution >= 4 is 17.5 Å². The normalized spacial score (nSPS) is 12.0. The van der Waals surface area contributed by atoms with Gasteiger partial charge in [-0.05, 0) is 26.0 Å². The monoisotopic (exact) mass is 360 g/mol. The van der Waals surface area contributed by atoms with Gasteiger partial charge in [-0.1, -0.05) is 30.4 Å². The number of rotatable bonds is 5. The van der Waals surface area contributed by atoms with E-state index >= 15 is 0 Å². The van der Waals surface area contributed by atoms with Crippen LogP contribution in [-0.2, 0) is 0 Å². The van der Waals surface area contributed by atoms with Crippen LogP contribution >= 0.6 is 0 Å². The van der Waals surface area contributed by atoms with Gasteiger partial charge < -0.3 is 10.6 Å². The van der Waals surface area contributed by atoms with E-state index in [1.165, 1.54) is 13.0 Å². The number of amides is 1. The molecule has 2 rings (SSSR count). The molecule has 0 aliphatic heterocycles. The molecule has 1 heterocycles. The SMILES string of the molecule is CC=CC(CNc1nc(=O)n(C(=O)Nc2ccccc2)cc1F)=C(C)F. The minimum atomic E-state index is -0.962. The molecule has 6 nitrogen and oxygen atoms in total. The van der Waals surface area contributed by atoms with Crippen LogP contribution in [0.3, 0.4) is 0 Å². The summed E-state index contributed by atoms with van der Waals surface area (Å²) in [5.74, 6) is -1.71. The molecule has 0 radical (unpaired) electrons. The number of allylic oxidation sites excluding steroid dienone is 2. The summed E-state index contributed by atoms with van der Waals surface area (Å²) in [6.07, 6.45) is 3.89. The Morgan fingerprint density at radius 3 is 2.62 bits per heavy atom. The molecule has 136 valence electrons. The van der Waals surface area contributed by atoms with E-state index in [4.69, 9.17) is 0 Å².